The predicted molar refractivity (Wildman–Crippen MR) is 139 cm³/mol. The molecule has 0 bridgehead atoms. The van der Waals surface area contributed by atoms with Crippen molar-refractivity contribution in [3.05, 3.63) is 66.5 Å². The molecular weight excluding hydrogens is 444 g/mol. The molecule has 0 aliphatic carbocycles. The molecule has 1 saturated heterocycles. The normalized spacial score (nSPS) is 14.1. The largest absolute Gasteiger partial charge is 0.375 e. The second-order valence-electron chi connectivity index (χ2n) is 8.66. The summed E-state index contributed by atoms with van der Waals surface area (Å²) in [5.74, 6) is 1.27. The Morgan fingerprint density at radius 1 is 1.00 bits per heavy atom. The molecule has 2 heterocycles. The van der Waals surface area contributed by atoms with Crippen LogP contribution in [0.5, 0.6) is 0 Å². The summed E-state index contributed by atoms with van der Waals surface area (Å²) in [7, 11) is 2.07. The topological polar surface area (TPSA) is 66.3 Å². The lowest BCUT2D eigenvalue weighted by molar-refractivity contribution is -0.118. The van der Waals surface area contributed by atoms with Gasteiger partial charge in [-0.25, -0.2) is 0 Å². The van der Waals surface area contributed by atoms with E-state index in [1.54, 1.807) is 0 Å². The number of hydrogen-bond acceptors (Lipinski definition) is 6. The first-order chi connectivity index (χ1) is 16.7. The van der Waals surface area contributed by atoms with Crippen molar-refractivity contribution >= 4 is 23.4 Å². The molecule has 3 aromatic rings. The molecule has 0 saturated carbocycles. The number of hydrogen-bond donors (Lipinski definition) is 1. The Morgan fingerprint density at radius 3 is 2.44 bits per heavy atom. The lowest BCUT2D eigenvalue weighted by Crippen LogP contribution is -2.30. The molecule has 0 radical (unpaired) electrons. The molecule has 1 fully saturated rings. The quantitative estimate of drug-likeness (QED) is 0.332. The zero-order valence-corrected chi connectivity index (χ0v) is 20.7. The van der Waals surface area contributed by atoms with Gasteiger partial charge in [-0.3, -0.25) is 14.3 Å². The Balaban J connectivity index is 1.30. The molecule has 8 heteroatoms. The van der Waals surface area contributed by atoms with Crippen molar-refractivity contribution in [1.82, 2.24) is 25.0 Å². The van der Waals surface area contributed by atoms with E-state index < -0.39 is 0 Å². The van der Waals surface area contributed by atoms with E-state index in [1.807, 2.05) is 36.4 Å². The Bertz CT molecular complexity index is 1020. The Labute approximate surface area is 206 Å². The summed E-state index contributed by atoms with van der Waals surface area (Å²) < 4.78 is 2.10. The Hall–Kier alpha value is -2.84. The van der Waals surface area contributed by atoms with Gasteiger partial charge in [-0.05, 0) is 56.6 Å². The minimum Gasteiger partial charge on any atom is -0.375 e. The molecule has 1 N–H and O–H groups in total. The van der Waals surface area contributed by atoms with E-state index in [1.165, 1.54) is 36.7 Å². The average molecular weight is 479 g/mol. The number of rotatable bonds is 11. The third kappa shape index (κ3) is 6.84. The smallest absolute Gasteiger partial charge is 0.230 e. The van der Waals surface area contributed by atoms with Crippen LogP contribution >= 0.6 is 11.8 Å². The van der Waals surface area contributed by atoms with Gasteiger partial charge in [0.15, 0.2) is 11.0 Å². The van der Waals surface area contributed by atoms with Crippen LogP contribution < -0.4 is 10.2 Å². The maximum absolute atomic E-state index is 12.5. The highest BCUT2D eigenvalue weighted by Gasteiger charge is 2.19. The zero-order chi connectivity index (χ0) is 23.6. The third-order valence-electron chi connectivity index (χ3n) is 6.05. The van der Waals surface area contributed by atoms with E-state index in [-0.39, 0.29) is 5.91 Å². The number of carbonyl (C=O) groups excluding carboxylic acids is 1. The number of nitrogens with zero attached hydrogens (tertiary/aromatic N) is 5. The van der Waals surface area contributed by atoms with E-state index in [4.69, 9.17) is 0 Å². The molecule has 0 spiro atoms. The number of benzene rings is 2. The fourth-order valence-corrected chi connectivity index (χ4v) is 4.99. The molecule has 1 aliphatic heterocycles. The molecule has 1 amide bonds. The van der Waals surface area contributed by atoms with Gasteiger partial charge in [0.1, 0.15) is 0 Å². The second kappa shape index (κ2) is 12.6. The van der Waals surface area contributed by atoms with E-state index in [9.17, 15) is 4.79 Å². The SMILES string of the molecule is CN(CCCNC(=O)CSc1nnc(CN2CCCCC2)n1-c1ccccc1)c1ccccc1. The number of thioether (sulfide) groups is 1. The summed E-state index contributed by atoms with van der Waals surface area (Å²) in [6.07, 6.45) is 4.67. The van der Waals surface area contributed by atoms with Gasteiger partial charge in [-0.15, -0.1) is 10.2 Å². The van der Waals surface area contributed by atoms with Crippen molar-refractivity contribution in [3.8, 4) is 5.69 Å². The van der Waals surface area contributed by atoms with Gasteiger partial charge in [0, 0.05) is 31.5 Å². The van der Waals surface area contributed by atoms with E-state index in [2.05, 4.69) is 61.2 Å². The van der Waals surface area contributed by atoms with Crippen molar-refractivity contribution in [1.29, 1.82) is 0 Å². The summed E-state index contributed by atoms with van der Waals surface area (Å²) in [6, 6.07) is 20.5. The number of anilines is 1. The number of amides is 1. The van der Waals surface area contributed by atoms with Crippen molar-refractivity contribution in [2.75, 3.05) is 43.9 Å². The van der Waals surface area contributed by atoms with Gasteiger partial charge >= 0.3 is 0 Å². The first-order valence-electron chi connectivity index (χ1n) is 12.1. The second-order valence-corrected chi connectivity index (χ2v) is 9.60. The van der Waals surface area contributed by atoms with Crippen LogP contribution in [0.3, 0.4) is 0 Å². The van der Waals surface area contributed by atoms with Gasteiger partial charge in [-0.1, -0.05) is 54.6 Å². The number of likely N-dealkylation sites (tertiary alicyclic amines) is 1. The molecule has 34 heavy (non-hydrogen) atoms. The van der Waals surface area contributed by atoms with Gasteiger partial charge in [0.05, 0.1) is 12.3 Å². The maximum Gasteiger partial charge on any atom is 0.230 e. The van der Waals surface area contributed by atoms with Crippen molar-refractivity contribution in [2.24, 2.45) is 0 Å². The highest BCUT2D eigenvalue weighted by molar-refractivity contribution is 7.99. The minimum absolute atomic E-state index is 0.0209. The fourth-order valence-electron chi connectivity index (χ4n) is 4.19. The molecule has 0 unspecified atom stereocenters. The first-order valence-corrected chi connectivity index (χ1v) is 13.1. The van der Waals surface area contributed by atoms with Gasteiger partial charge in [-0.2, -0.15) is 0 Å². The molecule has 1 aliphatic rings. The minimum atomic E-state index is 0.0209. The standard InChI is InChI=1S/C26H34N6OS/c1-30(22-12-5-2-6-13-22)17-11-16-27-25(33)21-34-26-29-28-24(20-31-18-9-4-10-19-31)32(26)23-14-7-3-8-15-23/h2-3,5-8,12-15H,4,9-11,16-21H2,1H3,(H,27,33). The van der Waals surface area contributed by atoms with Crippen molar-refractivity contribution in [2.45, 2.75) is 37.4 Å². The van der Waals surface area contributed by atoms with Crippen LogP contribution in [-0.2, 0) is 11.3 Å². The number of piperidine rings is 1. The van der Waals surface area contributed by atoms with Crippen LogP contribution in [0.4, 0.5) is 5.69 Å². The zero-order valence-electron chi connectivity index (χ0n) is 19.9. The van der Waals surface area contributed by atoms with E-state index in [0.717, 1.165) is 49.3 Å². The third-order valence-corrected chi connectivity index (χ3v) is 6.98. The lowest BCUT2D eigenvalue weighted by atomic mass is 10.1. The summed E-state index contributed by atoms with van der Waals surface area (Å²) >= 11 is 1.44. The summed E-state index contributed by atoms with van der Waals surface area (Å²) in [6.45, 7) is 4.53. The van der Waals surface area contributed by atoms with Crippen LogP contribution in [0.15, 0.2) is 65.8 Å². The first kappa shape index (κ1) is 24.3. The van der Waals surface area contributed by atoms with Crippen LogP contribution in [0, 0.1) is 0 Å². The number of para-hydroxylation sites is 2. The summed E-state index contributed by atoms with van der Waals surface area (Å²) in [4.78, 5) is 17.1. The fraction of sp³-hybridized carbons (Fsp3) is 0.423. The average Bonchev–Trinajstić information content (AvgIpc) is 3.29. The number of aromatic nitrogens is 3. The van der Waals surface area contributed by atoms with Crippen LogP contribution in [0.25, 0.3) is 5.69 Å². The van der Waals surface area contributed by atoms with Crippen LogP contribution in [0.2, 0.25) is 0 Å². The number of carbonyl (C=O) groups is 1. The van der Waals surface area contributed by atoms with E-state index in [0.29, 0.717) is 12.3 Å². The summed E-state index contributed by atoms with van der Waals surface area (Å²) in [5, 5.41) is 12.7. The summed E-state index contributed by atoms with van der Waals surface area (Å²) in [5.41, 5.74) is 2.22. The molecule has 0 atom stereocenters. The van der Waals surface area contributed by atoms with Crippen molar-refractivity contribution in [3.63, 3.8) is 0 Å². The maximum atomic E-state index is 12.5. The monoisotopic (exact) mass is 478 g/mol. The molecule has 2 aromatic carbocycles. The highest BCUT2D eigenvalue weighted by atomic mass is 32.2. The highest BCUT2D eigenvalue weighted by Crippen LogP contribution is 2.23. The molecular formula is C26H34N6OS. The molecule has 4 rings (SSSR count). The Morgan fingerprint density at radius 2 is 1.71 bits per heavy atom. The van der Waals surface area contributed by atoms with Gasteiger partial charge in [0.25, 0.3) is 0 Å². The van der Waals surface area contributed by atoms with Gasteiger partial charge in [0.2, 0.25) is 5.91 Å². The molecule has 1 aromatic heterocycles. The van der Waals surface area contributed by atoms with Crippen LogP contribution in [0.1, 0.15) is 31.5 Å². The van der Waals surface area contributed by atoms with E-state index >= 15 is 0 Å². The Kier molecular flexibility index (Phi) is 8.98. The predicted octanol–water partition coefficient (Wildman–Crippen LogP) is 3.99. The molecule has 180 valence electrons. The molecule has 7 nitrogen and oxygen atoms in total. The number of nitrogens with one attached hydrogen (secondary N) is 1. The van der Waals surface area contributed by atoms with Crippen molar-refractivity contribution < 1.29 is 4.79 Å². The van der Waals surface area contributed by atoms with Crippen LogP contribution in [-0.4, -0.2) is 64.6 Å². The van der Waals surface area contributed by atoms with Gasteiger partial charge < -0.3 is 10.2 Å². The lowest BCUT2D eigenvalue weighted by Gasteiger charge is -2.26.